The number of carbonyl (C=O) groups excluding carboxylic acids is 1. The molecular weight excluding hydrogens is 430 g/mol. The molecule has 1 fully saturated rings. The van der Waals surface area contributed by atoms with Gasteiger partial charge in [-0.3, -0.25) is 9.89 Å². The van der Waals surface area contributed by atoms with Crippen molar-refractivity contribution >= 4 is 5.91 Å². The summed E-state index contributed by atoms with van der Waals surface area (Å²) in [6, 6.07) is 14.7. The number of hydrogen-bond acceptors (Lipinski definition) is 5. The first-order valence-electron chi connectivity index (χ1n) is 12.0. The Hall–Kier alpha value is -3.32. The number of nitrogens with zero attached hydrogens (tertiary/aromatic N) is 2. The van der Waals surface area contributed by atoms with Crippen molar-refractivity contribution in [3.63, 3.8) is 0 Å². The van der Waals surface area contributed by atoms with Gasteiger partial charge in [0.2, 0.25) is 0 Å². The van der Waals surface area contributed by atoms with E-state index in [1.807, 2.05) is 41.3 Å². The first kappa shape index (κ1) is 22.5. The predicted octanol–water partition coefficient (Wildman–Crippen LogP) is 4.93. The summed E-state index contributed by atoms with van der Waals surface area (Å²) in [4.78, 5) is 15.4. The van der Waals surface area contributed by atoms with Gasteiger partial charge in [0.05, 0.1) is 18.8 Å². The number of para-hydroxylation sites is 1. The van der Waals surface area contributed by atoms with Crippen LogP contribution in [0.4, 0.5) is 0 Å². The van der Waals surface area contributed by atoms with Crippen LogP contribution in [0, 0.1) is 5.92 Å². The highest BCUT2D eigenvalue weighted by Crippen LogP contribution is 2.45. The van der Waals surface area contributed by atoms with E-state index in [1.165, 1.54) is 0 Å². The van der Waals surface area contributed by atoms with E-state index in [4.69, 9.17) is 9.47 Å². The number of ether oxygens (including phenoxy) is 2. The van der Waals surface area contributed by atoms with Gasteiger partial charge in [0.15, 0.2) is 0 Å². The van der Waals surface area contributed by atoms with Crippen molar-refractivity contribution in [2.45, 2.75) is 45.3 Å². The van der Waals surface area contributed by atoms with Gasteiger partial charge < -0.3 is 19.5 Å². The molecule has 2 atom stereocenters. The van der Waals surface area contributed by atoms with E-state index >= 15 is 0 Å². The Morgan fingerprint density at radius 3 is 2.85 bits per heavy atom. The molecule has 1 aromatic heterocycles. The topological polar surface area (TPSA) is 87.7 Å². The molecule has 1 amide bonds. The number of aromatic nitrogens is 2. The van der Waals surface area contributed by atoms with Crippen LogP contribution < -0.4 is 4.74 Å². The molecule has 178 valence electrons. The quantitative estimate of drug-likeness (QED) is 0.497. The van der Waals surface area contributed by atoms with E-state index in [2.05, 4.69) is 24.0 Å². The molecule has 2 unspecified atom stereocenters. The summed E-state index contributed by atoms with van der Waals surface area (Å²) < 4.78 is 11.9. The molecule has 0 radical (unpaired) electrons. The highest BCUT2D eigenvalue weighted by molar-refractivity contribution is 6.00. The standard InChI is InChI=1S/C27H31N3O4/c1-17(2)12-14-34-19-8-5-7-18(15-19)26-23-24(21-10-3-4-11-22(21)31)28-29-25(23)27(32)30(26)16-20-9-6-13-33-20/h3-5,7-8,10-11,15,17,20,26,31H,6,9,12-14,16H2,1-2H3,(H,28,29). The monoisotopic (exact) mass is 461 g/mol. The summed E-state index contributed by atoms with van der Waals surface area (Å²) in [6.07, 6.45) is 2.93. The van der Waals surface area contributed by atoms with Crippen molar-refractivity contribution in [2.75, 3.05) is 19.8 Å². The Balaban J connectivity index is 1.55. The van der Waals surface area contributed by atoms with Gasteiger partial charge in [-0.1, -0.05) is 38.1 Å². The molecule has 3 aromatic rings. The maximum Gasteiger partial charge on any atom is 0.273 e. The number of rotatable bonds is 8. The number of H-pyrrole nitrogens is 1. The van der Waals surface area contributed by atoms with Crippen molar-refractivity contribution in [2.24, 2.45) is 5.92 Å². The Bertz CT molecular complexity index is 1170. The number of aromatic amines is 1. The molecule has 7 nitrogen and oxygen atoms in total. The lowest BCUT2D eigenvalue weighted by molar-refractivity contribution is 0.0495. The van der Waals surface area contributed by atoms with E-state index in [-0.39, 0.29) is 23.8 Å². The summed E-state index contributed by atoms with van der Waals surface area (Å²) in [5.41, 5.74) is 3.38. The molecule has 0 bridgehead atoms. The number of phenols is 1. The fraction of sp³-hybridized carbons (Fsp3) is 0.407. The van der Waals surface area contributed by atoms with Gasteiger partial charge in [-0.05, 0) is 55.0 Å². The third kappa shape index (κ3) is 4.28. The van der Waals surface area contributed by atoms with Crippen LogP contribution in [0.15, 0.2) is 48.5 Å². The number of phenolic OH excluding ortho intramolecular Hbond substituents is 1. The molecule has 7 heteroatoms. The van der Waals surface area contributed by atoms with Crippen molar-refractivity contribution in [3.05, 3.63) is 65.4 Å². The Labute approximate surface area is 199 Å². The largest absolute Gasteiger partial charge is 0.507 e. The maximum atomic E-state index is 13.5. The molecule has 0 saturated carbocycles. The predicted molar refractivity (Wildman–Crippen MR) is 129 cm³/mol. The Morgan fingerprint density at radius 1 is 1.24 bits per heavy atom. The van der Waals surface area contributed by atoms with Gasteiger partial charge in [-0.25, -0.2) is 0 Å². The second kappa shape index (κ2) is 9.50. The molecule has 0 spiro atoms. The molecule has 0 aliphatic carbocycles. The average Bonchev–Trinajstić information content (AvgIpc) is 3.54. The fourth-order valence-electron chi connectivity index (χ4n) is 4.81. The third-order valence-electron chi connectivity index (χ3n) is 6.59. The van der Waals surface area contributed by atoms with Crippen LogP contribution in [0.5, 0.6) is 11.5 Å². The number of fused-ring (bicyclic) bond motifs is 1. The molecule has 2 aliphatic rings. The minimum atomic E-state index is -0.353. The molecule has 5 rings (SSSR count). The summed E-state index contributed by atoms with van der Waals surface area (Å²) >= 11 is 0. The van der Waals surface area contributed by atoms with Gasteiger partial charge in [-0.15, -0.1) is 0 Å². The van der Waals surface area contributed by atoms with Crippen LogP contribution in [0.3, 0.4) is 0 Å². The van der Waals surface area contributed by atoms with Crippen molar-refractivity contribution in [1.29, 1.82) is 0 Å². The SMILES string of the molecule is CC(C)CCOc1cccc(C2c3c(-c4ccccc4O)n[nH]c3C(=O)N2CC2CCCO2)c1. The first-order valence-corrected chi connectivity index (χ1v) is 12.0. The van der Waals surface area contributed by atoms with Crippen LogP contribution in [0.2, 0.25) is 0 Å². The summed E-state index contributed by atoms with van der Waals surface area (Å²) in [5.74, 6) is 1.37. The fourth-order valence-corrected chi connectivity index (χ4v) is 4.81. The van der Waals surface area contributed by atoms with E-state index in [1.54, 1.807) is 12.1 Å². The lowest BCUT2D eigenvalue weighted by Gasteiger charge is -2.28. The Kier molecular flexibility index (Phi) is 6.28. The molecule has 3 heterocycles. The second-order valence-electron chi connectivity index (χ2n) is 9.48. The smallest absolute Gasteiger partial charge is 0.273 e. The maximum absolute atomic E-state index is 13.5. The highest BCUT2D eigenvalue weighted by atomic mass is 16.5. The zero-order chi connectivity index (χ0) is 23.7. The van der Waals surface area contributed by atoms with Crippen molar-refractivity contribution in [1.82, 2.24) is 15.1 Å². The van der Waals surface area contributed by atoms with E-state index in [0.717, 1.165) is 42.7 Å². The van der Waals surface area contributed by atoms with Crippen LogP contribution in [0.1, 0.15) is 60.8 Å². The van der Waals surface area contributed by atoms with Crippen LogP contribution >= 0.6 is 0 Å². The number of carbonyl (C=O) groups is 1. The van der Waals surface area contributed by atoms with Crippen LogP contribution in [-0.4, -0.2) is 52.0 Å². The number of hydrogen-bond donors (Lipinski definition) is 2. The minimum Gasteiger partial charge on any atom is -0.507 e. The summed E-state index contributed by atoms with van der Waals surface area (Å²) in [5, 5.41) is 17.9. The van der Waals surface area contributed by atoms with Crippen LogP contribution in [0.25, 0.3) is 11.3 Å². The zero-order valence-electron chi connectivity index (χ0n) is 19.7. The lowest BCUT2D eigenvalue weighted by Crippen LogP contribution is -2.36. The molecule has 2 aromatic carbocycles. The highest BCUT2D eigenvalue weighted by Gasteiger charge is 2.43. The van der Waals surface area contributed by atoms with Crippen LogP contribution in [-0.2, 0) is 4.74 Å². The van der Waals surface area contributed by atoms with Crippen molar-refractivity contribution < 1.29 is 19.4 Å². The van der Waals surface area contributed by atoms with Gasteiger partial charge in [0.25, 0.3) is 5.91 Å². The molecule has 2 N–H and O–H groups in total. The molecule has 34 heavy (non-hydrogen) atoms. The average molecular weight is 462 g/mol. The minimum absolute atomic E-state index is 0.0162. The number of aromatic hydroxyl groups is 1. The van der Waals surface area contributed by atoms with E-state index < -0.39 is 0 Å². The number of amides is 1. The number of nitrogens with one attached hydrogen (secondary N) is 1. The van der Waals surface area contributed by atoms with Gasteiger partial charge >= 0.3 is 0 Å². The lowest BCUT2D eigenvalue weighted by atomic mass is 9.95. The van der Waals surface area contributed by atoms with Gasteiger partial charge in [0.1, 0.15) is 22.9 Å². The van der Waals surface area contributed by atoms with Gasteiger partial charge in [-0.2, -0.15) is 5.10 Å². The molecule has 2 aliphatic heterocycles. The first-order chi connectivity index (χ1) is 16.5. The number of benzene rings is 2. The summed E-state index contributed by atoms with van der Waals surface area (Å²) in [6.45, 7) is 6.23. The van der Waals surface area contributed by atoms with E-state index in [0.29, 0.717) is 36.0 Å². The third-order valence-corrected chi connectivity index (χ3v) is 6.59. The summed E-state index contributed by atoms with van der Waals surface area (Å²) in [7, 11) is 0. The van der Waals surface area contributed by atoms with E-state index in [9.17, 15) is 9.90 Å². The normalized spacial score (nSPS) is 19.7. The molecular formula is C27H31N3O4. The second-order valence-corrected chi connectivity index (χ2v) is 9.48. The molecule has 1 saturated heterocycles. The zero-order valence-corrected chi connectivity index (χ0v) is 19.7. The van der Waals surface area contributed by atoms with Gasteiger partial charge in [0, 0.05) is 24.3 Å². The van der Waals surface area contributed by atoms with Crippen molar-refractivity contribution in [3.8, 4) is 22.8 Å². The Morgan fingerprint density at radius 2 is 2.09 bits per heavy atom.